The van der Waals surface area contributed by atoms with Crippen molar-refractivity contribution in [3.8, 4) is 0 Å². The first-order chi connectivity index (χ1) is 6.86. The maximum absolute atomic E-state index is 5.71. The van der Waals surface area contributed by atoms with Gasteiger partial charge in [-0.25, -0.2) is 0 Å². The number of unbranched alkanes of at least 4 members (excludes halogenated alkanes) is 3. The first kappa shape index (κ1) is 11.7. The molecule has 1 aliphatic rings. The van der Waals surface area contributed by atoms with Crippen molar-refractivity contribution >= 4 is 0 Å². The molecule has 0 aromatic rings. The summed E-state index contributed by atoms with van der Waals surface area (Å²) in [7, 11) is 0. The van der Waals surface area contributed by atoms with E-state index in [4.69, 9.17) is 10.5 Å². The zero-order chi connectivity index (χ0) is 10.2. The van der Waals surface area contributed by atoms with Crippen molar-refractivity contribution in [1.29, 1.82) is 0 Å². The molecule has 2 nitrogen and oxygen atoms in total. The molecule has 1 rings (SSSR count). The summed E-state index contributed by atoms with van der Waals surface area (Å²) in [5.74, 6) is 0.737. The molecule has 2 heteroatoms. The second kappa shape index (κ2) is 7.02. The van der Waals surface area contributed by atoms with E-state index < -0.39 is 0 Å². The lowest BCUT2D eigenvalue weighted by Crippen LogP contribution is -2.36. The Hall–Kier alpha value is -0.340. The molecular weight excluding hydrogens is 174 g/mol. The van der Waals surface area contributed by atoms with E-state index in [-0.39, 0.29) is 0 Å². The standard InChI is InChI=1S/C12H23NO/c1-2-3-4-5-6-7-14-12-8-11(9-12)10-13/h2,11-12H,1,3-10,13H2. The minimum absolute atomic E-state index is 0.517. The number of hydrogen-bond acceptors (Lipinski definition) is 2. The van der Waals surface area contributed by atoms with E-state index >= 15 is 0 Å². The molecule has 14 heavy (non-hydrogen) atoms. The van der Waals surface area contributed by atoms with Crippen molar-refractivity contribution in [2.75, 3.05) is 13.2 Å². The molecule has 0 aliphatic heterocycles. The molecule has 0 spiro atoms. The molecule has 1 saturated carbocycles. The van der Waals surface area contributed by atoms with E-state index in [9.17, 15) is 0 Å². The summed E-state index contributed by atoms with van der Waals surface area (Å²) in [5, 5.41) is 0. The van der Waals surface area contributed by atoms with Crippen LogP contribution in [0.15, 0.2) is 12.7 Å². The molecule has 0 bridgehead atoms. The Balaban J connectivity index is 1.79. The molecule has 2 N–H and O–H groups in total. The molecule has 82 valence electrons. The van der Waals surface area contributed by atoms with Gasteiger partial charge in [-0.15, -0.1) is 6.58 Å². The highest BCUT2D eigenvalue weighted by molar-refractivity contribution is 4.80. The third-order valence-corrected chi connectivity index (χ3v) is 2.93. The number of nitrogens with two attached hydrogens (primary N) is 1. The Kier molecular flexibility index (Phi) is 5.88. The van der Waals surface area contributed by atoms with Crippen molar-refractivity contribution in [1.82, 2.24) is 0 Å². The number of rotatable bonds is 8. The van der Waals surface area contributed by atoms with Crippen LogP contribution in [0.2, 0.25) is 0 Å². The van der Waals surface area contributed by atoms with Gasteiger partial charge in [0, 0.05) is 6.61 Å². The molecule has 0 aromatic carbocycles. The molecule has 0 radical (unpaired) electrons. The van der Waals surface area contributed by atoms with E-state index in [1.807, 2.05) is 6.08 Å². The van der Waals surface area contributed by atoms with Gasteiger partial charge in [-0.1, -0.05) is 12.5 Å². The fraction of sp³-hybridized carbons (Fsp3) is 0.833. The minimum atomic E-state index is 0.517. The van der Waals surface area contributed by atoms with Gasteiger partial charge < -0.3 is 10.5 Å². The maximum atomic E-state index is 5.71. The van der Waals surface area contributed by atoms with E-state index in [2.05, 4.69) is 6.58 Å². The summed E-state index contributed by atoms with van der Waals surface area (Å²) in [6.07, 6.45) is 9.71. The highest BCUT2D eigenvalue weighted by atomic mass is 16.5. The summed E-state index contributed by atoms with van der Waals surface area (Å²) in [6, 6.07) is 0. The first-order valence-electron chi connectivity index (χ1n) is 5.79. The Morgan fingerprint density at radius 3 is 2.71 bits per heavy atom. The van der Waals surface area contributed by atoms with Gasteiger partial charge in [-0.2, -0.15) is 0 Å². The van der Waals surface area contributed by atoms with Crippen LogP contribution in [0, 0.1) is 5.92 Å². The van der Waals surface area contributed by atoms with Crippen LogP contribution in [0.25, 0.3) is 0 Å². The zero-order valence-corrected chi connectivity index (χ0v) is 9.08. The van der Waals surface area contributed by atoms with Gasteiger partial charge in [0.1, 0.15) is 0 Å². The van der Waals surface area contributed by atoms with Gasteiger partial charge in [-0.3, -0.25) is 0 Å². The first-order valence-corrected chi connectivity index (χ1v) is 5.79. The molecule has 0 saturated heterocycles. The van der Waals surface area contributed by atoms with Gasteiger partial charge in [0.15, 0.2) is 0 Å². The summed E-state index contributed by atoms with van der Waals surface area (Å²) in [4.78, 5) is 0. The van der Waals surface area contributed by atoms with Gasteiger partial charge in [0.25, 0.3) is 0 Å². The molecule has 0 amide bonds. The maximum Gasteiger partial charge on any atom is 0.0581 e. The Bertz CT molecular complexity index is 152. The van der Waals surface area contributed by atoms with Crippen LogP contribution in [0.4, 0.5) is 0 Å². The van der Waals surface area contributed by atoms with Gasteiger partial charge in [0.2, 0.25) is 0 Å². The monoisotopic (exact) mass is 197 g/mol. The van der Waals surface area contributed by atoms with Crippen LogP contribution < -0.4 is 5.73 Å². The summed E-state index contributed by atoms with van der Waals surface area (Å²) >= 11 is 0. The van der Waals surface area contributed by atoms with Crippen molar-refractivity contribution < 1.29 is 4.74 Å². The number of allylic oxidation sites excluding steroid dienone is 1. The van der Waals surface area contributed by atoms with Crippen LogP contribution in [-0.2, 0) is 4.74 Å². The van der Waals surface area contributed by atoms with Gasteiger partial charge in [-0.05, 0) is 44.6 Å². The topological polar surface area (TPSA) is 35.2 Å². The minimum Gasteiger partial charge on any atom is -0.378 e. The van der Waals surface area contributed by atoms with Crippen LogP contribution in [0.5, 0.6) is 0 Å². The lowest BCUT2D eigenvalue weighted by Gasteiger charge is -2.34. The second-order valence-electron chi connectivity index (χ2n) is 4.20. The fourth-order valence-corrected chi connectivity index (χ4v) is 1.82. The van der Waals surface area contributed by atoms with E-state index in [0.717, 1.165) is 25.5 Å². The lowest BCUT2D eigenvalue weighted by molar-refractivity contribution is -0.0290. The molecule has 1 aliphatic carbocycles. The van der Waals surface area contributed by atoms with Crippen LogP contribution in [-0.4, -0.2) is 19.3 Å². The van der Waals surface area contributed by atoms with Crippen LogP contribution in [0.1, 0.15) is 38.5 Å². The smallest absolute Gasteiger partial charge is 0.0581 e. The van der Waals surface area contributed by atoms with E-state index in [1.54, 1.807) is 0 Å². The summed E-state index contributed by atoms with van der Waals surface area (Å²) < 4.78 is 5.71. The second-order valence-corrected chi connectivity index (χ2v) is 4.20. The average Bonchev–Trinajstić information content (AvgIpc) is 2.14. The third-order valence-electron chi connectivity index (χ3n) is 2.93. The number of ether oxygens (including phenoxy) is 1. The SMILES string of the molecule is C=CCCCCCOC1CC(CN)C1. The average molecular weight is 197 g/mol. The van der Waals surface area contributed by atoms with Gasteiger partial charge >= 0.3 is 0 Å². The fourth-order valence-electron chi connectivity index (χ4n) is 1.82. The predicted octanol–water partition coefficient (Wildman–Crippen LogP) is 2.49. The largest absolute Gasteiger partial charge is 0.378 e. The lowest BCUT2D eigenvalue weighted by atomic mass is 9.82. The highest BCUT2D eigenvalue weighted by Crippen LogP contribution is 2.28. The summed E-state index contributed by atoms with van der Waals surface area (Å²) in [5.41, 5.74) is 5.54. The molecule has 0 aromatic heterocycles. The molecular formula is C12H23NO. The third kappa shape index (κ3) is 4.25. The van der Waals surface area contributed by atoms with E-state index in [0.29, 0.717) is 6.10 Å². The molecule has 1 fully saturated rings. The van der Waals surface area contributed by atoms with Gasteiger partial charge in [0.05, 0.1) is 6.10 Å². The molecule has 0 atom stereocenters. The zero-order valence-electron chi connectivity index (χ0n) is 9.08. The van der Waals surface area contributed by atoms with Crippen molar-refractivity contribution in [3.63, 3.8) is 0 Å². The predicted molar refractivity (Wildman–Crippen MR) is 60.2 cm³/mol. The highest BCUT2D eigenvalue weighted by Gasteiger charge is 2.28. The quantitative estimate of drug-likeness (QED) is 0.479. The van der Waals surface area contributed by atoms with E-state index in [1.165, 1.54) is 32.1 Å². The van der Waals surface area contributed by atoms with Crippen LogP contribution >= 0.6 is 0 Å². The van der Waals surface area contributed by atoms with Crippen LogP contribution in [0.3, 0.4) is 0 Å². The molecule has 0 unspecified atom stereocenters. The number of hydrogen-bond donors (Lipinski definition) is 1. The van der Waals surface area contributed by atoms with Crippen molar-refractivity contribution in [2.24, 2.45) is 11.7 Å². The Labute approximate surface area is 87.5 Å². The molecule has 0 heterocycles. The normalized spacial score (nSPS) is 25.8. The summed E-state index contributed by atoms with van der Waals surface area (Å²) in [6.45, 7) is 5.47. The Morgan fingerprint density at radius 2 is 2.07 bits per heavy atom. The van der Waals surface area contributed by atoms with Crippen molar-refractivity contribution in [2.45, 2.75) is 44.6 Å². The Morgan fingerprint density at radius 1 is 1.29 bits per heavy atom. The van der Waals surface area contributed by atoms with Crippen molar-refractivity contribution in [3.05, 3.63) is 12.7 Å².